The van der Waals surface area contributed by atoms with Crippen molar-refractivity contribution in [1.82, 2.24) is 15.1 Å². The monoisotopic (exact) mass is 297 g/mol. The molecule has 2 fully saturated rings. The lowest BCUT2D eigenvalue weighted by Gasteiger charge is -2.38. The Kier molecular flexibility index (Phi) is 5.45. The summed E-state index contributed by atoms with van der Waals surface area (Å²) in [6.45, 7) is 7.60. The molecule has 120 valence electrons. The van der Waals surface area contributed by atoms with E-state index in [1.165, 1.54) is 25.9 Å². The van der Waals surface area contributed by atoms with E-state index in [2.05, 4.69) is 10.2 Å². The van der Waals surface area contributed by atoms with Crippen LogP contribution in [-0.4, -0.2) is 65.2 Å². The van der Waals surface area contributed by atoms with Gasteiger partial charge in [-0.3, -0.25) is 4.79 Å². The lowest BCUT2D eigenvalue weighted by atomic mass is 9.99. The van der Waals surface area contributed by atoms with Crippen LogP contribution in [0.4, 0.5) is 4.79 Å². The molecular formula is C15H27N3O3. The summed E-state index contributed by atoms with van der Waals surface area (Å²) in [5.41, 5.74) is 0. The van der Waals surface area contributed by atoms with Crippen LogP contribution in [0.25, 0.3) is 0 Å². The van der Waals surface area contributed by atoms with Crippen molar-refractivity contribution in [3.05, 3.63) is 0 Å². The highest BCUT2D eigenvalue weighted by Crippen LogP contribution is 2.22. The van der Waals surface area contributed by atoms with Gasteiger partial charge in [-0.2, -0.15) is 0 Å². The molecule has 0 aliphatic carbocycles. The number of carboxylic acid groups (broad SMARTS) is 1. The molecule has 2 saturated heterocycles. The summed E-state index contributed by atoms with van der Waals surface area (Å²) >= 11 is 0. The summed E-state index contributed by atoms with van der Waals surface area (Å²) < 4.78 is 0. The third-order valence-electron chi connectivity index (χ3n) is 4.64. The molecule has 2 aliphatic rings. The van der Waals surface area contributed by atoms with E-state index in [0.717, 1.165) is 25.9 Å². The molecule has 0 aromatic rings. The van der Waals surface area contributed by atoms with Crippen molar-refractivity contribution in [3.8, 4) is 0 Å². The van der Waals surface area contributed by atoms with E-state index < -0.39 is 12.1 Å². The molecule has 0 spiro atoms. The van der Waals surface area contributed by atoms with Gasteiger partial charge in [-0.15, -0.1) is 0 Å². The van der Waals surface area contributed by atoms with E-state index >= 15 is 0 Å². The summed E-state index contributed by atoms with van der Waals surface area (Å²) in [7, 11) is 0. The Hall–Kier alpha value is -1.30. The van der Waals surface area contributed by atoms with Gasteiger partial charge in [0, 0.05) is 19.1 Å². The van der Waals surface area contributed by atoms with Crippen molar-refractivity contribution >= 4 is 12.0 Å². The van der Waals surface area contributed by atoms with Gasteiger partial charge >= 0.3 is 6.09 Å². The number of carbonyl (C=O) groups excluding carboxylic acids is 1. The second-order valence-corrected chi connectivity index (χ2v) is 6.47. The Morgan fingerprint density at radius 3 is 2.14 bits per heavy atom. The minimum Gasteiger partial charge on any atom is -0.465 e. The molecular weight excluding hydrogens is 270 g/mol. The second kappa shape index (κ2) is 7.11. The average Bonchev–Trinajstić information content (AvgIpc) is 2.98. The van der Waals surface area contributed by atoms with E-state index in [1.54, 1.807) is 0 Å². The third-order valence-corrected chi connectivity index (χ3v) is 4.64. The predicted molar refractivity (Wildman–Crippen MR) is 80.2 cm³/mol. The van der Waals surface area contributed by atoms with Crippen LogP contribution in [0.2, 0.25) is 0 Å². The fourth-order valence-corrected chi connectivity index (χ4v) is 3.40. The number of piperidine rings is 1. The molecule has 1 unspecified atom stereocenters. The van der Waals surface area contributed by atoms with Crippen molar-refractivity contribution in [2.24, 2.45) is 5.92 Å². The zero-order chi connectivity index (χ0) is 15.4. The molecule has 2 amide bonds. The van der Waals surface area contributed by atoms with Gasteiger partial charge in [-0.1, -0.05) is 13.8 Å². The van der Waals surface area contributed by atoms with E-state index in [0.29, 0.717) is 6.04 Å². The molecule has 2 heterocycles. The maximum atomic E-state index is 12.5. The Morgan fingerprint density at radius 2 is 1.67 bits per heavy atom. The number of nitrogens with zero attached hydrogens (tertiary/aromatic N) is 2. The van der Waals surface area contributed by atoms with Crippen molar-refractivity contribution in [2.45, 2.75) is 51.6 Å². The van der Waals surface area contributed by atoms with Crippen molar-refractivity contribution < 1.29 is 14.7 Å². The minimum atomic E-state index is -1.13. The fraction of sp³-hybridized carbons (Fsp3) is 0.867. The lowest BCUT2D eigenvalue weighted by molar-refractivity contribution is -0.136. The van der Waals surface area contributed by atoms with Gasteiger partial charge < -0.3 is 20.2 Å². The Bertz CT molecular complexity index is 372. The molecule has 0 aromatic heterocycles. The topological polar surface area (TPSA) is 72.9 Å². The van der Waals surface area contributed by atoms with Crippen molar-refractivity contribution in [3.63, 3.8) is 0 Å². The molecule has 2 rings (SSSR count). The molecule has 21 heavy (non-hydrogen) atoms. The first-order valence-corrected chi connectivity index (χ1v) is 8.01. The Balaban J connectivity index is 1.87. The normalized spacial score (nSPS) is 22.5. The van der Waals surface area contributed by atoms with Gasteiger partial charge in [0.1, 0.15) is 6.04 Å². The van der Waals surface area contributed by atoms with Gasteiger partial charge in [0.15, 0.2) is 0 Å². The highest BCUT2D eigenvalue weighted by atomic mass is 16.4. The summed E-state index contributed by atoms with van der Waals surface area (Å²) in [4.78, 5) is 27.7. The number of nitrogens with one attached hydrogen (secondary N) is 1. The quantitative estimate of drug-likeness (QED) is 0.822. The molecule has 0 radical (unpaired) electrons. The van der Waals surface area contributed by atoms with Crippen LogP contribution >= 0.6 is 0 Å². The summed E-state index contributed by atoms with van der Waals surface area (Å²) in [5, 5.41) is 11.2. The van der Waals surface area contributed by atoms with Gasteiger partial charge in [0.05, 0.1) is 0 Å². The molecule has 2 N–H and O–H groups in total. The number of likely N-dealkylation sites (tertiary alicyclic amines) is 2. The van der Waals surface area contributed by atoms with Crippen LogP contribution in [0.15, 0.2) is 0 Å². The minimum absolute atomic E-state index is 0.0371. The van der Waals surface area contributed by atoms with E-state index in [4.69, 9.17) is 5.11 Å². The number of rotatable bonds is 4. The molecule has 0 saturated carbocycles. The van der Waals surface area contributed by atoms with Gasteiger partial charge in [0.2, 0.25) is 5.91 Å². The largest absolute Gasteiger partial charge is 0.465 e. The fourth-order valence-electron chi connectivity index (χ4n) is 3.40. The number of amides is 2. The second-order valence-electron chi connectivity index (χ2n) is 6.47. The Morgan fingerprint density at radius 1 is 1.10 bits per heavy atom. The number of hydrogen-bond acceptors (Lipinski definition) is 3. The number of hydrogen-bond donors (Lipinski definition) is 2. The van der Waals surface area contributed by atoms with Gasteiger partial charge in [-0.05, 0) is 44.7 Å². The van der Waals surface area contributed by atoms with E-state index in [9.17, 15) is 9.59 Å². The standard InChI is InChI=1S/C15H27N3O3/c1-11(2)13(16-15(20)21)14(19)18-9-5-12(6-10-18)17-7-3-4-8-17/h11-13,16H,3-10H2,1-2H3,(H,20,21). The molecule has 6 heteroatoms. The summed E-state index contributed by atoms with van der Waals surface area (Å²) in [6, 6.07) is -0.0349. The Labute approximate surface area is 126 Å². The SMILES string of the molecule is CC(C)C(NC(=O)O)C(=O)N1CCC(N2CCCC2)CC1. The van der Waals surface area contributed by atoms with Crippen LogP contribution in [0, 0.1) is 5.92 Å². The molecule has 0 bridgehead atoms. The molecule has 0 aromatic carbocycles. The van der Waals surface area contributed by atoms with Crippen LogP contribution < -0.4 is 5.32 Å². The van der Waals surface area contributed by atoms with Crippen molar-refractivity contribution in [2.75, 3.05) is 26.2 Å². The zero-order valence-corrected chi connectivity index (χ0v) is 13.0. The van der Waals surface area contributed by atoms with Crippen LogP contribution in [0.1, 0.15) is 39.5 Å². The third kappa shape index (κ3) is 4.09. The van der Waals surface area contributed by atoms with Gasteiger partial charge in [0.25, 0.3) is 0 Å². The lowest BCUT2D eigenvalue weighted by Crippen LogP contribution is -2.54. The number of carbonyl (C=O) groups is 2. The average molecular weight is 297 g/mol. The summed E-state index contributed by atoms with van der Waals surface area (Å²) in [5.74, 6) is -0.114. The van der Waals surface area contributed by atoms with E-state index in [1.807, 2.05) is 18.7 Å². The first kappa shape index (κ1) is 16.1. The smallest absolute Gasteiger partial charge is 0.405 e. The van der Waals surface area contributed by atoms with Crippen LogP contribution in [-0.2, 0) is 4.79 Å². The highest BCUT2D eigenvalue weighted by molar-refractivity contribution is 5.85. The highest BCUT2D eigenvalue weighted by Gasteiger charge is 2.33. The maximum Gasteiger partial charge on any atom is 0.405 e. The molecule has 6 nitrogen and oxygen atoms in total. The van der Waals surface area contributed by atoms with Crippen LogP contribution in [0.3, 0.4) is 0 Å². The van der Waals surface area contributed by atoms with E-state index in [-0.39, 0.29) is 11.8 Å². The maximum absolute atomic E-state index is 12.5. The molecule has 2 aliphatic heterocycles. The summed E-state index contributed by atoms with van der Waals surface area (Å²) in [6.07, 6.45) is 3.45. The zero-order valence-electron chi connectivity index (χ0n) is 13.0. The van der Waals surface area contributed by atoms with Crippen molar-refractivity contribution in [1.29, 1.82) is 0 Å². The first-order valence-electron chi connectivity index (χ1n) is 8.01. The molecule has 1 atom stereocenters. The predicted octanol–water partition coefficient (Wildman–Crippen LogP) is 1.37. The van der Waals surface area contributed by atoms with Gasteiger partial charge in [-0.25, -0.2) is 4.79 Å². The first-order chi connectivity index (χ1) is 9.99. The van der Waals surface area contributed by atoms with Crippen LogP contribution in [0.5, 0.6) is 0 Å².